The van der Waals surface area contributed by atoms with Crippen LogP contribution in [-0.4, -0.2) is 42.8 Å². The van der Waals surface area contributed by atoms with E-state index in [2.05, 4.69) is 17.1 Å². The van der Waals surface area contributed by atoms with Crippen LogP contribution >= 0.6 is 0 Å². The van der Waals surface area contributed by atoms with Gasteiger partial charge in [0.2, 0.25) is 5.91 Å². The number of rotatable bonds is 6. The number of likely N-dealkylation sites (tertiary alicyclic amines) is 1. The first-order chi connectivity index (χ1) is 9.96. The summed E-state index contributed by atoms with van der Waals surface area (Å²) in [5.74, 6) is 0.899. The molecule has 1 aliphatic heterocycles. The molecule has 21 heavy (non-hydrogen) atoms. The molecule has 2 rings (SSSR count). The molecule has 1 N–H and O–H groups in total. The van der Waals surface area contributed by atoms with Gasteiger partial charge in [-0.2, -0.15) is 0 Å². The van der Waals surface area contributed by atoms with Crippen molar-refractivity contribution in [2.75, 3.05) is 26.2 Å². The largest absolute Gasteiger partial charge is 0.356 e. The summed E-state index contributed by atoms with van der Waals surface area (Å²) in [7, 11) is 0. The highest BCUT2D eigenvalue weighted by atomic mass is 16.2. The molecular weight excluding hydrogens is 264 g/mol. The summed E-state index contributed by atoms with van der Waals surface area (Å²) in [6.45, 7) is 13.4. The maximum atomic E-state index is 11.8. The fourth-order valence-corrected chi connectivity index (χ4v) is 3.24. The number of ketones is 1. The van der Waals surface area contributed by atoms with Crippen molar-refractivity contribution in [3.05, 3.63) is 0 Å². The number of carbonyl (C=O) groups is 2. The van der Waals surface area contributed by atoms with E-state index in [-0.39, 0.29) is 17.7 Å². The Hall–Kier alpha value is -0.900. The lowest BCUT2D eigenvalue weighted by Crippen LogP contribution is -2.64. The van der Waals surface area contributed by atoms with Crippen LogP contribution in [0.5, 0.6) is 0 Å². The van der Waals surface area contributed by atoms with Crippen LogP contribution in [0.25, 0.3) is 0 Å². The molecule has 1 saturated carbocycles. The van der Waals surface area contributed by atoms with Crippen molar-refractivity contribution >= 4 is 11.7 Å². The van der Waals surface area contributed by atoms with Crippen molar-refractivity contribution in [3.63, 3.8) is 0 Å². The lowest BCUT2D eigenvalue weighted by Gasteiger charge is -2.58. The van der Waals surface area contributed by atoms with Crippen molar-refractivity contribution < 1.29 is 9.59 Å². The van der Waals surface area contributed by atoms with Crippen LogP contribution in [-0.2, 0) is 9.59 Å². The van der Waals surface area contributed by atoms with Crippen LogP contribution in [0.3, 0.4) is 0 Å². The molecule has 1 spiro atoms. The Morgan fingerprint density at radius 3 is 2.29 bits per heavy atom. The molecule has 0 atom stereocenters. The molecule has 2 aliphatic rings. The summed E-state index contributed by atoms with van der Waals surface area (Å²) in [6, 6.07) is 0. The number of Topliss-reactive ketones (excluding diaryl/α,β-unsaturated/α-hetero) is 1. The summed E-state index contributed by atoms with van der Waals surface area (Å²) in [4.78, 5) is 25.7. The molecule has 0 unspecified atom stereocenters. The Kier molecular flexibility index (Phi) is 6.85. The number of hydrogen-bond donors (Lipinski definition) is 1. The molecule has 1 heterocycles. The molecule has 0 aromatic heterocycles. The average molecular weight is 296 g/mol. The Balaban J connectivity index is 0.00000106. The van der Waals surface area contributed by atoms with Crippen LogP contribution in [0.2, 0.25) is 0 Å². The molecule has 1 aliphatic carbocycles. The zero-order valence-corrected chi connectivity index (χ0v) is 14.4. The minimum Gasteiger partial charge on any atom is -0.356 e. The summed E-state index contributed by atoms with van der Waals surface area (Å²) in [6.07, 6.45) is 3.01. The predicted molar refractivity (Wildman–Crippen MR) is 86.1 cm³/mol. The fraction of sp³-hybridized carbons (Fsp3) is 0.882. The smallest absolute Gasteiger partial charge is 0.223 e. The third-order valence-electron chi connectivity index (χ3n) is 4.42. The van der Waals surface area contributed by atoms with Crippen molar-refractivity contribution in [2.45, 2.75) is 53.9 Å². The molecule has 122 valence electrons. The molecular formula is C17H32N2O2. The molecule has 4 nitrogen and oxygen atoms in total. The molecule has 0 bridgehead atoms. The van der Waals surface area contributed by atoms with E-state index >= 15 is 0 Å². The minimum absolute atomic E-state index is 0.130. The second-order valence-corrected chi connectivity index (χ2v) is 6.66. The average Bonchev–Trinajstić information content (AvgIpc) is 2.39. The zero-order valence-electron chi connectivity index (χ0n) is 14.4. The van der Waals surface area contributed by atoms with Gasteiger partial charge in [0.1, 0.15) is 5.78 Å². The van der Waals surface area contributed by atoms with Crippen molar-refractivity contribution in [2.24, 2.45) is 17.3 Å². The fourth-order valence-electron chi connectivity index (χ4n) is 3.24. The highest BCUT2D eigenvalue weighted by molar-refractivity contribution is 5.82. The van der Waals surface area contributed by atoms with Gasteiger partial charge in [0, 0.05) is 31.5 Å². The molecule has 1 amide bonds. The van der Waals surface area contributed by atoms with Crippen LogP contribution in [0.4, 0.5) is 0 Å². The van der Waals surface area contributed by atoms with E-state index < -0.39 is 0 Å². The highest BCUT2D eigenvalue weighted by Crippen LogP contribution is 2.51. The number of nitrogens with zero attached hydrogens (tertiary/aromatic N) is 1. The van der Waals surface area contributed by atoms with Crippen molar-refractivity contribution in [1.82, 2.24) is 10.2 Å². The lowest BCUT2D eigenvalue weighted by atomic mass is 9.57. The first-order valence-corrected chi connectivity index (χ1v) is 8.48. The number of hydrogen-bond acceptors (Lipinski definition) is 3. The third kappa shape index (κ3) is 4.53. The monoisotopic (exact) mass is 296 g/mol. The van der Waals surface area contributed by atoms with E-state index in [0.717, 1.165) is 38.9 Å². The Labute approximate surface area is 129 Å². The Morgan fingerprint density at radius 1 is 1.24 bits per heavy atom. The second kappa shape index (κ2) is 7.92. The minimum atomic E-state index is 0.130. The van der Waals surface area contributed by atoms with Gasteiger partial charge in [-0.1, -0.05) is 34.6 Å². The lowest BCUT2D eigenvalue weighted by molar-refractivity contribution is -0.148. The highest BCUT2D eigenvalue weighted by Gasteiger charge is 2.54. The molecule has 0 aromatic carbocycles. The second-order valence-electron chi connectivity index (χ2n) is 6.66. The number of nitrogens with one attached hydrogen (secondary N) is 1. The maximum Gasteiger partial charge on any atom is 0.223 e. The zero-order chi connectivity index (χ0) is 16.0. The van der Waals surface area contributed by atoms with Crippen LogP contribution in [0.15, 0.2) is 0 Å². The predicted octanol–water partition coefficient (Wildman–Crippen LogP) is 2.48. The van der Waals surface area contributed by atoms with Gasteiger partial charge in [-0.05, 0) is 24.7 Å². The van der Waals surface area contributed by atoms with Crippen molar-refractivity contribution in [3.8, 4) is 0 Å². The Bertz CT molecular complexity index is 352. The van der Waals surface area contributed by atoms with E-state index in [4.69, 9.17) is 0 Å². The third-order valence-corrected chi connectivity index (χ3v) is 4.42. The van der Waals surface area contributed by atoms with Gasteiger partial charge in [-0.3, -0.25) is 14.5 Å². The molecule has 2 fully saturated rings. The molecule has 4 heteroatoms. The molecule has 1 saturated heterocycles. The van der Waals surface area contributed by atoms with Gasteiger partial charge >= 0.3 is 0 Å². The quantitative estimate of drug-likeness (QED) is 0.819. The van der Waals surface area contributed by atoms with E-state index in [1.807, 2.05) is 27.7 Å². The first kappa shape index (κ1) is 18.1. The molecule has 0 aromatic rings. The van der Waals surface area contributed by atoms with Crippen molar-refractivity contribution in [1.29, 1.82) is 0 Å². The van der Waals surface area contributed by atoms with Gasteiger partial charge < -0.3 is 5.32 Å². The Morgan fingerprint density at radius 2 is 1.81 bits per heavy atom. The summed E-state index contributed by atoms with van der Waals surface area (Å²) >= 11 is 0. The van der Waals surface area contributed by atoms with Gasteiger partial charge in [-0.25, -0.2) is 0 Å². The van der Waals surface area contributed by atoms with Gasteiger partial charge in [-0.15, -0.1) is 0 Å². The summed E-state index contributed by atoms with van der Waals surface area (Å²) < 4.78 is 0. The van der Waals surface area contributed by atoms with E-state index in [9.17, 15) is 9.59 Å². The number of amides is 1. The topological polar surface area (TPSA) is 49.4 Å². The van der Waals surface area contributed by atoms with Crippen LogP contribution < -0.4 is 5.32 Å². The van der Waals surface area contributed by atoms with Gasteiger partial charge in [0.15, 0.2) is 0 Å². The maximum absolute atomic E-state index is 11.8. The standard InChI is InChI=1S/C15H26N2O2.C2H6/c1-4-5-16-14(19)12-6-15(7-12)9-17(10-15)8-13(18)11(2)3;1-2/h11-12H,4-10H2,1-3H3,(H,16,19);1-2H3. The molecule has 0 radical (unpaired) electrons. The van der Waals surface area contributed by atoms with E-state index in [1.165, 1.54) is 0 Å². The SMILES string of the molecule is CC.CCCNC(=O)C1CC2(C1)CN(CC(=O)C(C)C)C2. The van der Waals surface area contributed by atoms with Gasteiger partial charge in [0.05, 0.1) is 6.54 Å². The van der Waals surface area contributed by atoms with Crippen LogP contribution in [0, 0.1) is 17.3 Å². The normalized spacial score (nSPS) is 20.3. The van der Waals surface area contributed by atoms with Gasteiger partial charge in [0.25, 0.3) is 0 Å². The summed E-state index contributed by atoms with van der Waals surface area (Å²) in [5, 5.41) is 2.97. The van der Waals surface area contributed by atoms with E-state index in [1.54, 1.807) is 0 Å². The number of carbonyl (C=O) groups excluding carboxylic acids is 2. The van der Waals surface area contributed by atoms with E-state index in [0.29, 0.717) is 17.7 Å². The van der Waals surface area contributed by atoms with Crippen LogP contribution in [0.1, 0.15) is 53.9 Å². The summed E-state index contributed by atoms with van der Waals surface area (Å²) in [5.41, 5.74) is 0.353. The first-order valence-electron chi connectivity index (χ1n) is 8.48.